The van der Waals surface area contributed by atoms with E-state index in [1.807, 2.05) is 6.07 Å². The van der Waals surface area contributed by atoms with Crippen LogP contribution in [0, 0.1) is 17.2 Å². The molecule has 1 heterocycles. The summed E-state index contributed by atoms with van der Waals surface area (Å²) in [6.07, 6.45) is 1.94. The highest BCUT2D eigenvalue weighted by atomic mass is 16.3. The number of likely N-dealkylation sites (tertiary alicyclic amines) is 1. The Hall–Kier alpha value is -0.590. The zero-order valence-corrected chi connectivity index (χ0v) is 7.53. The number of nitrogens with zero attached hydrogens (tertiary/aromatic N) is 2. The summed E-state index contributed by atoms with van der Waals surface area (Å²) < 4.78 is 0. The third kappa shape index (κ3) is 2.47. The monoisotopic (exact) mass is 168 g/mol. The number of hydrogen-bond donors (Lipinski definition) is 1. The maximum atomic E-state index is 9.52. The number of nitriles is 1. The maximum Gasteiger partial charge on any atom is 0.0699 e. The molecule has 1 aliphatic rings. The van der Waals surface area contributed by atoms with Gasteiger partial charge in [0.15, 0.2) is 0 Å². The summed E-state index contributed by atoms with van der Waals surface area (Å²) >= 11 is 0. The fourth-order valence-electron chi connectivity index (χ4n) is 1.67. The zero-order chi connectivity index (χ0) is 8.97. The van der Waals surface area contributed by atoms with Gasteiger partial charge in [-0.3, -0.25) is 0 Å². The molecule has 0 spiro atoms. The van der Waals surface area contributed by atoms with Crippen molar-refractivity contribution in [1.82, 2.24) is 4.90 Å². The van der Waals surface area contributed by atoms with Gasteiger partial charge in [0.05, 0.1) is 18.6 Å². The van der Waals surface area contributed by atoms with E-state index >= 15 is 0 Å². The first kappa shape index (κ1) is 9.50. The lowest BCUT2D eigenvalue weighted by Crippen LogP contribution is -2.35. The number of aliphatic hydroxyl groups excluding tert-OH is 1. The average molecular weight is 168 g/mol. The third-order valence-electron chi connectivity index (χ3n) is 2.61. The van der Waals surface area contributed by atoms with E-state index in [1.165, 1.54) is 0 Å². The molecule has 0 bridgehead atoms. The molecule has 3 nitrogen and oxygen atoms in total. The number of piperidine rings is 1. The Labute approximate surface area is 73.6 Å². The molecule has 0 saturated carbocycles. The van der Waals surface area contributed by atoms with Crippen molar-refractivity contribution in [2.24, 2.45) is 5.92 Å². The summed E-state index contributed by atoms with van der Waals surface area (Å²) in [4.78, 5) is 2.26. The molecule has 0 aromatic carbocycles. The van der Waals surface area contributed by atoms with Crippen molar-refractivity contribution in [2.45, 2.75) is 25.4 Å². The highest BCUT2D eigenvalue weighted by molar-refractivity contribution is 4.83. The second kappa shape index (κ2) is 4.44. The van der Waals surface area contributed by atoms with Gasteiger partial charge >= 0.3 is 0 Å². The van der Waals surface area contributed by atoms with E-state index in [9.17, 15) is 5.11 Å². The SMILES string of the molecule is CN1CCC(C(O)CC#N)CC1. The molecular weight excluding hydrogens is 152 g/mol. The normalized spacial score (nSPS) is 23.4. The zero-order valence-electron chi connectivity index (χ0n) is 7.53. The molecule has 1 aliphatic heterocycles. The van der Waals surface area contributed by atoms with Crippen LogP contribution in [0.5, 0.6) is 0 Å². The molecule has 1 N–H and O–H groups in total. The minimum Gasteiger partial charge on any atom is -0.392 e. The van der Waals surface area contributed by atoms with Gasteiger partial charge in [0.25, 0.3) is 0 Å². The molecule has 1 rings (SSSR count). The second-order valence-electron chi connectivity index (χ2n) is 3.57. The summed E-state index contributed by atoms with van der Waals surface area (Å²) in [5.41, 5.74) is 0. The minimum atomic E-state index is -0.399. The predicted octanol–water partition coefficient (Wildman–Crippen LogP) is 0.603. The van der Waals surface area contributed by atoms with Crippen LogP contribution in [0.25, 0.3) is 0 Å². The van der Waals surface area contributed by atoms with E-state index in [0.717, 1.165) is 25.9 Å². The average Bonchev–Trinajstić information content (AvgIpc) is 2.06. The predicted molar refractivity (Wildman–Crippen MR) is 46.5 cm³/mol. The van der Waals surface area contributed by atoms with Crippen molar-refractivity contribution < 1.29 is 5.11 Å². The van der Waals surface area contributed by atoms with Gasteiger partial charge in [0.2, 0.25) is 0 Å². The Kier molecular flexibility index (Phi) is 3.51. The Morgan fingerprint density at radius 3 is 2.67 bits per heavy atom. The lowest BCUT2D eigenvalue weighted by molar-refractivity contribution is 0.0696. The number of rotatable bonds is 2. The first-order chi connectivity index (χ1) is 5.74. The highest BCUT2D eigenvalue weighted by Gasteiger charge is 2.23. The standard InChI is InChI=1S/C9H16N2O/c1-11-6-3-8(4-7-11)9(12)2-5-10/h8-9,12H,2-4,6-7H2,1H3. The molecule has 0 aliphatic carbocycles. The van der Waals surface area contributed by atoms with Gasteiger partial charge in [-0.1, -0.05) is 0 Å². The Morgan fingerprint density at radius 2 is 2.17 bits per heavy atom. The van der Waals surface area contributed by atoms with Gasteiger partial charge < -0.3 is 10.0 Å². The van der Waals surface area contributed by atoms with Gasteiger partial charge in [0.1, 0.15) is 0 Å². The molecule has 0 amide bonds. The first-order valence-electron chi connectivity index (χ1n) is 4.47. The maximum absolute atomic E-state index is 9.52. The van der Waals surface area contributed by atoms with E-state index < -0.39 is 6.10 Å². The summed E-state index contributed by atoms with van der Waals surface area (Å²) in [5, 5.41) is 17.9. The molecule has 1 fully saturated rings. The molecule has 0 aromatic heterocycles. The van der Waals surface area contributed by atoms with Gasteiger partial charge in [-0.15, -0.1) is 0 Å². The molecule has 1 atom stereocenters. The van der Waals surface area contributed by atoms with Crippen LogP contribution in [0.15, 0.2) is 0 Å². The first-order valence-corrected chi connectivity index (χ1v) is 4.47. The topological polar surface area (TPSA) is 47.3 Å². The summed E-state index contributed by atoms with van der Waals surface area (Å²) in [7, 11) is 2.09. The summed E-state index contributed by atoms with van der Waals surface area (Å²) in [5.74, 6) is 0.348. The van der Waals surface area contributed by atoms with E-state index in [1.54, 1.807) is 0 Å². The van der Waals surface area contributed by atoms with Crippen LogP contribution in [0.3, 0.4) is 0 Å². The summed E-state index contributed by atoms with van der Waals surface area (Å²) in [6, 6.07) is 2.01. The molecule has 0 aromatic rings. The molecule has 0 radical (unpaired) electrons. The van der Waals surface area contributed by atoms with Crippen LogP contribution in [0.4, 0.5) is 0 Å². The van der Waals surface area contributed by atoms with Crippen LogP contribution in [0.2, 0.25) is 0 Å². The van der Waals surface area contributed by atoms with E-state index in [4.69, 9.17) is 5.26 Å². The van der Waals surface area contributed by atoms with Crippen LogP contribution < -0.4 is 0 Å². The lowest BCUT2D eigenvalue weighted by atomic mass is 9.90. The van der Waals surface area contributed by atoms with Crippen molar-refractivity contribution >= 4 is 0 Å². The molecule has 1 unspecified atom stereocenters. The Morgan fingerprint density at radius 1 is 1.58 bits per heavy atom. The quantitative estimate of drug-likeness (QED) is 0.657. The van der Waals surface area contributed by atoms with E-state index in [-0.39, 0.29) is 6.42 Å². The highest BCUT2D eigenvalue weighted by Crippen LogP contribution is 2.20. The van der Waals surface area contributed by atoms with E-state index in [0.29, 0.717) is 5.92 Å². The molecule has 68 valence electrons. The van der Waals surface area contributed by atoms with Gasteiger partial charge in [-0.2, -0.15) is 5.26 Å². The summed E-state index contributed by atoms with van der Waals surface area (Å²) in [6.45, 7) is 2.10. The van der Waals surface area contributed by atoms with Crippen molar-refractivity contribution in [3.05, 3.63) is 0 Å². The van der Waals surface area contributed by atoms with Crippen molar-refractivity contribution in [3.63, 3.8) is 0 Å². The fourth-order valence-corrected chi connectivity index (χ4v) is 1.67. The van der Waals surface area contributed by atoms with Gasteiger partial charge in [0, 0.05) is 0 Å². The van der Waals surface area contributed by atoms with Gasteiger partial charge in [-0.25, -0.2) is 0 Å². The number of hydrogen-bond acceptors (Lipinski definition) is 3. The molecule has 12 heavy (non-hydrogen) atoms. The Bertz CT molecular complexity index is 168. The molecular formula is C9H16N2O. The van der Waals surface area contributed by atoms with Crippen molar-refractivity contribution in [2.75, 3.05) is 20.1 Å². The van der Waals surface area contributed by atoms with E-state index in [2.05, 4.69) is 11.9 Å². The lowest BCUT2D eigenvalue weighted by Gasteiger charge is -2.30. The van der Waals surface area contributed by atoms with Crippen LogP contribution >= 0.6 is 0 Å². The van der Waals surface area contributed by atoms with Gasteiger partial charge in [-0.05, 0) is 38.9 Å². The largest absolute Gasteiger partial charge is 0.392 e. The number of aliphatic hydroxyl groups is 1. The van der Waals surface area contributed by atoms with Crippen LogP contribution in [0.1, 0.15) is 19.3 Å². The molecule has 1 saturated heterocycles. The van der Waals surface area contributed by atoms with Crippen LogP contribution in [-0.4, -0.2) is 36.2 Å². The van der Waals surface area contributed by atoms with Crippen LogP contribution in [-0.2, 0) is 0 Å². The third-order valence-corrected chi connectivity index (χ3v) is 2.61. The van der Waals surface area contributed by atoms with Crippen molar-refractivity contribution in [3.8, 4) is 6.07 Å². The minimum absolute atomic E-state index is 0.286. The fraction of sp³-hybridized carbons (Fsp3) is 0.889. The smallest absolute Gasteiger partial charge is 0.0699 e. The molecule has 3 heteroatoms. The second-order valence-corrected chi connectivity index (χ2v) is 3.57. The van der Waals surface area contributed by atoms with Crippen molar-refractivity contribution in [1.29, 1.82) is 5.26 Å². The Balaban J connectivity index is 2.30.